The Morgan fingerprint density at radius 2 is 1.68 bits per heavy atom. The molecule has 0 atom stereocenters. The second-order valence-corrected chi connectivity index (χ2v) is 6.55. The molecule has 0 unspecified atom stereocenters. The largest absolute Gasteiger partial charge is 0.456 e. The predicted molar refractivity (Wildman–Crippen MR) is 97.9 cm³/mol. The van der Waals surface area contributed by atoms with Crippen molar-refractivity contribution in [2.75, 3.05) is 11.9 Å². The first-order chi connectivity index (χ1) is 13.3. The van der Waals surface area contributed by atoms with Crippen molar-refractivity contribution >= 4 is 35.1 Å². The molecule has 1 amide bonds. The van der Waals surface area contributed by atoms with E-state index in [-0.39, 0.29) is 46.5 Å². The average Bonchev–Trinajstić information content (AvgIpc) is 2.66. The minimum Gasteiger partial charge on any atom is -0.456 e. The number of esters is 1. The lowest BCUT2D eigenvalue weighted by Crippen LogP contribution is -2.21. The van der Waals surface area contributed by atoms with Crippen molar-refractivity contribution in [2.24, 2.45) is 0 Å². The van der Waals surface area contributed by atoms with Gasteiger partial charge in [0, 0.05) is 16.9 Å². The van der Waals surface area contributed by atoms with Crippen LogP contribution in [0.25, 0.3) is 0 Å². The van der Waals surface area contributed by atoms with Gasteiger partial charge in [-0.25, -0.2) is 4.39 Å². The van der Waals surface area contributed by atoms with E-state index in [9.17, 15) is 27.6 Å². The number of rotatable bonds is 9. The third kappa shape index (κ3) is 7.07. The van der Waals surface area contributed by atoms with Crippen molar-refractivity contribution in [3.63, 3.8) is 0 Å². The zero-order chi connectivity index (χ0) is 20.5. The first kappa shape index (κ1) is 21.5. The van der Waals surface area contributed by atoms with Gasteiger partial charge >= 0.3 is 5.97 Å². The fourth-order valence-corrected chi connectivity index (χ4v) is 2.76. The molecule has 0 saturated heterocycles. The second-order valence-electron chi connectivity index (χ2n) is 5.51. The lowest BCUT2D eigenvalue weighted by Gasteiger charge is -2.10. The SMILES string of the molecule is O=C(COC(=O)CCC(=O)c1ccc(F)cc1)Nc1ccccc1SC(F)F. The lowest BCUT2D eigenvalue weighted by atomic mass is 10.1. The number of amides is 1. The number of benzene rings is 2. The van der Waals surface area contributed by atoms with Crippen LogP contribution in [0.3, 0.4) is 0 Å². The number of halogens is 3. The lowest BCUT2D eigenvalue weighted by molar-refractivity contribution is -0.147. The smallest absolute Gasteiger partial charge is 0.306 e. The van der Waals surface area contributed by atoms with Gasteiger partial charge in [0.2, 0.25) is 0 Å². The summed E-state index contributed by atoms with van der Waals surface area (Å²) in [6.07, 6.45) is -0.402. The molecule has 0 aromatic heterocycles. The number of para-hydroxylation sites is 1. The summed E-state index contributed by atoms with van der Waals surface area (Å²) in [4.78, 5) is 35.6. The summed E-state index contributed by atoms with van der Waals surface area (Å²) in [5, 5.41) is 2.39. The summed E-state index contributed by atoms with van der Waals surface area (Å²) < 4.78 is 42.6. The maximum absolute atomic E-state index is 12.8. The Kier molecular flexibility index (Phi) is 8.06. The quantitative estimate of drug-likeness (QED) is 0.379. The third-order valence-electron chi connectivity index (χ3n) is 3.46. The van der Waals surface area contributed by atoms with Crippen LogP contribution in [0.4, 0.5) is 18.9 Å². The molecule has 0 fully saturated rings. The van der Waals surface area contributed by atoms with Gasteiger partial charge in [-0.05, 0) is 36.4 Å². The molecule has 0 spiro atoms. The van der Waals surface area contributed by atoms with Crippen molar-refractivity contribution in [3.8, 4) is 0 Å². The number of alkyl halides is 2. The third-order valence-corrected chi connectivity index (χ3v) is 4.25. The molecule has 0 heterocycles. The second kappa shape index (κ2) is 10.5. The summed E-state index contributed by atoms with van der Waals surface area (Å²) in [5.41, 5.74) is 0.445. The van der Waals surface area contributed by atoms with Gasteiger partial charge in [0.05, 0.1) is 12.1 Å². The molecule has 0 radical (unpaired) electrons. The van der Waals surface area contributed by atoms with Crippen molar-refractivity contribution in [1.82, 2.24) is 0 Å². The van der Waals surface area contributed by atoms with E-state index in [1.165, 1.54) is 24.3 Å². The molecule has 0 aliphatic heterocycles. The van der Waals surface area contributed by atoms with Crippen LogP contribution in [0.15, 0.2) is 53.4 Å². The first-order valence-electron chi connectivity index (χ1n) is 8.13. The molecular formula is C19H16F3NO4S. The molecule has 2 aromatic rings. The van der Waals surface area contributed by atoms with Crippen LogP contribution in [-0.2, 0) is 14.3 Å². The molecule has 0 aliphatic carbocycles. The minimum absolute atomic E-state index is 0.153. The number of anilines is 1. The molecule has 0 bridgehead atoms. The van der Waals surface area contributed by atoms with Gasteiger partial charge in [0.15, 0.2) is 12.4 Å². The van der Waals surface area contributed by atoms with Gasteiger partial charge in [-0.1, -0.05) is 23.9 Å². The van der Waals surface area contributed by atoms with Gasteiger partial charge in [-0.15, -0.1) is 0 Å². The number of carbonyl (C=O) groups is 3. The number of hydrogen-bond donors (Lipinski definition) is 1. The van der Waals surface area contributed by atoms with Crippen molar-refractivity contribution in [3.05, 3.63) is 59.9 Å². The number of Topliss-reactive ketones (excluding diaryl/α,β-unsaturated/α-hetero) is 1. The van der Waals surface area contributed by atoms with Crippen LogP contribution in [0.5, 0.6) is 0 Å². The van der Waals surface area contributed by atoms with Gasteiger partial charge < -0.3 is 10.1 Å². The molecule has 0 aliphatic rings. The van der Waals surface area contributed by atoms with Crippen molar-refractivity contribution in [1.29, 1.82) is 0 Å². The Morgan fingerprint density at radius 3 is 2.36 bits per heavy atom. The molecule has 9 heteroatoms. The van der Waals surface area contributed by atoms with E-state index >= 15 is 0 Å². The maximum atomic E-state index is 12.8. The summed E-state index contributed by atoms with van der Waals surface area (Å²) in [6.45, 7) is -0.614. The van der Waals surface area contributed by atoms with E-state index < -0.39 is 30.1 Å². The van der Waals surface area contributed by atoms with Crippen LogP contribution in [0.2, 0.25) is 0 Å². The average molecular weight is 411 g/mol. The van der Waals surface area contributed by atoms with Crippen LogP contribution >= 0.6 is 11.8 Å². The van der Waals surface area contributed by atoms with Crippen molar-refractivity contribution < 1.29 is 32.3 Å². The number of thioether (sulfide) groups is 1. The Balaban J connectivity index is 1.77. The number of ether oxygens (including phenoxy) is 1. The summed E-state index contributed by atoms with van der Waals surface area (Å²) >= 11 is 0.285. The van der Waals surface area contributed by atoms with Crippen LogP contribution in [-0.4, -0.2) is 30.0 Å². The van der Waals surface area contributed by atoms with Crippen LogP contribution in [0.1, 0.15) is 23.2 Å². The van der Waals surface area contributed by atoms with E-state index in [1.807, 2.05) is 0 Å². The van der Waals surface area contributed by atoms with E-state index in [0.717, 1.165) is 12.1 Å². The fourth-order valence-electron chi connectivity index (χ4n) is 2.17. The van der Waals surface area contributed by atoms with Gasteiger partial charge in [-0.3, -0.25) is 14.4 Å². The highest BCUT2D eigenvalue weighted by atomic mass is 32.2. The number of hydrogen-bond acceptors (Lipinski definition) is 5. The normalized spacial score (nSPS) is 10.6. The highest BCUT2D eigenvalue weighted by molar-refractivity contribution is 7.99. The molecule has 0 saturated carbocycles. The van der Waals surface area contributed by atoms with Crippen LogP contribution < -0.4 is 5.32 Å². The standard InChI is InChI=1S/C19H16F3NO4S/c20-13-7-5-12(6-8-13)15(24)9-10-18(26)27-11-17(25)23-14-3-1-2-4-16(14)28-19(21)22/h1-8,19H,9-11H2,(H,23,25). The fraction of sp³-hybridized carbons (Fsp3) is 0.211. The molecular weight excluding hydrogens is 395 g/mol. The monoisotopic (exact) mass is 411 g/mol. The summed E-state index contributed by atoms with van der Waals surface area (Å²) in [5.74, 6) is -4.94. The van der Waals surface area contributed by atoms with E-state index in [0.29, 0.717) is 0 Å². The molecule has 148 valence electrons. The number of ketones is 1. The van der Waals surface area contributed by atoms with Gasteiger partial charge in [0.1, 0.15) is 5.82 Å². The zero-order valence-corrected chi connectivity index (χ0v) is 15.3. The maximum Gasteiger partial charge on any atom is 0.306 e. The van der Waals surface area contributed by atoms with E-state index in [2.05, 4.69) is 5.32 Å². The van der Waals surface area contributed by atoms with E-state index in [4.69, 9.17) is 4.74 Å². The topological polar surface area (TPSA) is 72.5 Å². The summed E-state index contributed by atoms with van der Waals surface area (Å²) in [6, 6.07) is 10.9. The highest BCUT2D eigenvalue weighted by Gasteiger charge is 2.14. The molecule has 5 nitrogen and oxygen atoms in total. The highest BCUT2D eigenvalue weighted by Crippen LogP contribution is 2.31. The Labute approximate surface area is 163 Å². The van der Waals surface area contributed by atoms with Crippen LogP contribution in [0, 0.1) is 5.82 Å². The number of nitrogens with one attached hydrogen (secondary N) is 1. The first-order valence-corrected chi connectivity index (χ1v) is 9.01. The molecule has 2 aromatic carbocycles. The Hall–Kier alpha value is -2.81. The predicted octanol–water partition coefficient (Wildman–Crippen LogP) is 4.29. The summed E-state index contributed by atoms with van der Waals surface area (Å²) in [7, 11) is 0. The minimum atomic E-state index is -2.64. The number of carbonyl (C=O) groups excluding carboxylic acids is 3. The van der Waals surface area contributed by atoms with E-state index in [1.54, 1.807) is 12.1 Å². The zero-order valence-electron chi connectivity index (χ0n) is 14.5. The molecule has 2 rings (SSSR count). The Morgan fingerprint density at radius 1 is 1.00 bits per heavy atom. The molecule has 28 heavy (non-hydrogen) atoms. The van der Waals surface area contributed by atoms with Gasteiger partial charge in [-0.2, -0.15) is 8.78 Å². The van der Waals surface area contributed by atoms with Gasteiger partial charge in [0.25, 0.3) is 11.7 Å². The molecule has 1 N–H and O–H groups in total. The van der Waals surface area contributed by atoms with Crippen molar-refractivity contribution in [2.45, 2.75) is 23.5 Å². The Bertz CT molecular complexity index is 843.